The Bertz CT molecular complexity index is 2720. The number of anilines is 7. The number of aromatic nitrogens is 1. The molecule has 1 heterocycles. The number of amides is 2. The lowest BCUT2D eigenvalue weighted by atomic mass is 9.88. The summed E-state index contributed by atoms with van der Waals surface area (Å²) in [5.41, 5.74) is 9.93. The van der Waals surface area contributed by atoms with Gasteiger partial charge in [-0.15, -0.1) is 5.12 Å². The van der Waals surface area contributed by atoms with Crippen LogP contribution in [-0.2, 0) is 10.4 Å². The van der Waals surface area contributed by atoms with Crippen LogP contribution in [0.4, 0.5) is 49.5 Å². The fraction of sp³-hybridized carbons (Fsp3) is 0.0784. The number of alkyl carbamates (subject to hydrolysis) is 1. The zero-order valence-electron chi connectivity index (χ0n) is 34.7. The second-order valence-electron chi connectivity index (χ2n) is 14.2. The van der Waals surface area contributed by atoms with E-state index in [0.29, 0.717) is 40.6 Å². The molecule has 63 heavy (non-hydrogen) atoms. The Balaban J connectivity index is 1.47. The van der Waals surface area contributed by atoms with E-state index in [1.807, 2.05) is 134 Å². The topological polar surface area (TPSA) is 132 Å². The predicted octanol–water partition coefficient (Wildman–Crippen LogP) is 11.3. The van der Waals surface area contributed by atoms with Crippen molar-refractivity contribution in [2.75, 3.05) is 29.2 Å². The Morgan fingerprint density at radius 1 is 0.619 bits per heavy atom. The quantitative estimate of drug-likeness (QED) is 0.0502. The van der Waals surface area contributed by atoms with E-state index in [0.717, 1.165) is 33.5 Å². The van der Waals surface area contributed by atoms with Gasteiger partial charge in [-0.1, -0.05) is 140 Å². The molecule has 12 heteroatoms. The standard InChI is InChI=1S/C51H46N8O4/c1-3-53-59(57-50(61)63-41-29-14-7-15-30-41)51(56-49(60)62-2,38-23-8-4-9-24-38)43-34-35-45(58(39-25-10-5-11-26-39)40-27-12-6-13-28-40)48(47(43)55-46-33-18-19-36-52-46)54-44-32-20-22-37-21-16-17-31-42(37)44/h4-36,53-54H,3H2,1-2H3,(H,52,55)(H,56,60)(H,57,61). The number of benzene rings is 7. The summed E-state index contributed by atoms with van der Waals surface area (Å²) in [7, 11) is 1.29. The van der Waals surface area contributed by atoms with Crippen LogP contribution in [0.1, 0.15) is 18.1 Å². The second kappa shape index (κ2) is 19.5. The monoisotopic (exact) mass is 834 g/mol. The number of hydrogen-bond donors (Lipinski definition) is 5. The molecule has 0 bridgehead atoms. The summed E-state index contributed by atoms with van der Waals surface area (Å²) >= 11 is 0. The van der Waals surface area contributed by atoms with Gasteiger partial charge in [-0.2, -0.15) is 0 Å². The van der Waals surface area contributed by atoms with Crippen LogP contribution in [0.5, 0.6) is 5.75 Å². The Hall–Kier alpha value is -8.19. The lowest BCUT2D eigenvalue weighted by Gasteiger charge is -2.45. The average molecular weight is 835 g/mol. The van der Waals surface area contributed by atoms with Gasteiger partial charge in [0.15, 0.2) is 5.66 Å². The normalized spacial score (nSPS) is 11.9. The first-order chi connectivity index (χ1) is 31.0. The Kier molecular flexibility index (Phi) is 12.8. The van der Waals surface area contributed by atoms with E-state index >= 15 is 0 Å². The molecule has 5 N–H and O–H groups in total. The van der Waals surface area contributed by atoms with E-state index in [-0.39, 0.29) is 0 Å². The molecule has 0 aliphatic heterocycles. The molecule has 0 saturated carbocycles. The van der Waals surface area contributed by atoms with Crippen molar-refractivity contribution in [3.8, 4) is 5.75 Å². The lowest BCUT2D eigenvalue weighted by Crippen LogP contribution is -2.69. The van der Waals surface area contributed by atoms with Gasteiger partial charge in [0.25, 0.3) is 0 Å². The molecule has 12 nitrogen and oxygen atoms in total. The maximum atomic E-state index is 14.0. The van der Waals surface area contributed by atoms with Crippen molar-refractivity contribution in [1.29, 1.82) is 0 Å². The third-order valence-electron chi connectivity index (χ3n) is 10.3. The van der Waals surface area contributed by atoms with E-state index in [9.17, 15) is 9.59 Å². The summed E-state index contributed by atoms with van der Waals surface area (Å²) in [6.07, 6.45) is 0.0951. The van der Waals surface area contributed by atoms with E-state index < -0.39 is 17.8 Å². The van der Waals surface area contributed by atoms with Crippen molar-refractivity contribution in [3.63, 3.8) is 0 Å². The first-order valence-electron chi connectivity index (χ1n) is 20.5. The molecule has 1 atom stereocenters. The summed E-state index contributed by atoms with van der Waals surface area (Å²) in [6.45, 7) is 2.19. The van der Waals surface area contributed by atoms with Gasteiger partial charge < -0.3 is 25.0 Å². The van der Waals surface area contributed by atoms with Gasteiger partial charge in [-0.05, 0) is 66.0 Å². The molecule has 1 aromatic heterocycles. The molecule has 0 aliphatic rings. The third kappa shape index (κ3) is 9.13. The molecule has 2 amide bonds. The van der Waals surface area contributed by atoms with Gasteiger partial charge in [0.1, 0.15) is 11.6 Å². The molecule has 314 valence electrons. The van der Waals surface area contributed by atoms with Gasteiger partial charge >= 0.3 is 12.2 Å². The summed E-state index contributed by atoms with van der Waals surface area (Å²) in [6, 6.07) is 62.0. The minimum Gasteiger partial charge on any atom is -0.453 e. The summed E-state index contributed by atoms with van der Waals surface area (Å²) in [4.78, 5) is 34.9. The number of hydrazine groups is 2. The largest absolute Gasteiger partial charge is 0.453 e. The first kappa shape index (κ1) is 41.5. The number of rotatable bonds is 15. The van der Waals surface area contributed by atoms with Crippen LogP contribution in [0.2, 0.25) is 0 Å². The summed E-state index contributed by atoms with van der Waals surface area (Å²) in [5.74, 6) is 0.831. The molecule has 0 aliphatic carbocycles. The van der Waals surface area contributed by atoms with Gasteiger partial charge in [-0.3, -0.25) is 5.32 Å². The van der Waals surface area contributed by atoms with Gasteiger partial charge in [0.05, 0.1) is 24.2 Å². The Morgan fingerprint density at radius 2 is 1.24 bits per heavy atom. The molecule has 0 fully saturated rings. The zero-order valence-corrected chi connectivity index (χ0v) is 34.7. The number of ether oxygens (including phenoxy) is 2. The molecule has 0 radical (unpaired) electrons. The van der Waals surface area contributed by atoms with Gasteiger partial charge in [0, 0.05) is 46.3 Å². The number of methoxy groups -OCH3 is 1. The molecule has 8 aromatic rings. The number of pyridine rings is 1. The van der Waals surface area contributed by atoms with Crippen LogP contribution >= 0.6 is 0 Å². The minimum atomic E-state index is -1.78. The number of para-hydroxylation sites is 3. The highest BCUT2D eigenvalue weighted by Crippen LogP contribution is 2.50. The molecule has 1 unspecified atom stereocenters. The minimum absolute atomic E-state index is 0.307. The third-order valence-corrected chi connectivity index (χ3v) is 10.3. The fourth-order valence-corrected chi connectivity index (χ4v) is 7.54. The zero-order chi connectivity index (χ0) is 43.4. The predicted molar refractivity (Wildman–Crippen MR) is 250 cm³/mol. The number of hydrogen-bond acceptors (Lipinski definition) is 10. The summed E-state index contributed by atoms with van der Waals surface area (Å²) < 4.78 is 11.2. The maximum absolute atomic E-state index is 14.0. The van der Waals surface area contributed by atoms with Crippen LogP contribution in [0, 0.1) is 0 Å². The molecule has 8 rings (SSSR count). The van der Waals surface area contributed by atoms with Crippen LogP contribution in [0.25, 0.3) is 10.8 Å². The molecule has 7 aromatic carbocycles. The van der Waals surface area contributed by atoms with Crippen molar-refractivity contribution in [1.82, 2.24) is 26.3 Å². The van der Waals surface area contributed by atoms with E-state index in [2.05, 4.69) is 74.2 Å². The number of fused-ring (bicyclic) bond motifs is 1. The molecular formula is C51H46N8O4. The maximum Gasteiger partial charge on any atom is 0.428 e. The van der Waals surface area contributed by atoms with E-state index in [4.69, 9.17) is 14.5 Å². The van der Waals surface area contributed by atoms with E-state index in [1.54, 1.807) is 30.5 Å². The highest BCUT2D eigenvalue weighted by molar-refractivity contribution is 6.01. The van der Waals surface area contributed by atoms with Crippen molar-refractivity contribution in [2.45, 2.75) is 12.6 Å². The van der Waals surface area contributed by atoms with Crippen LogP contribution in [0.3, 0.4) is 0 Å². The average Bonchev–Trinajstić information content (AvgIpc) is 3.33. The Labute approximate surface area is 366 Å². The number of nitrogens with one attached hydrogen (secondary N) is 5. The molecule has 0 spiro atoms. The van der Waals surface area contributed by atoms with Crippen molar-refractivity contribution in [3.05, 3.63) is 211 Å². The van der Waals surface area contributed by atoms with Crippen molar-refractivity contribution in [2.24, 2.45) is 0 Å². The molecular weight excluding hydrogens is 789 g/mol. The lowest BCUT2D eigenvalue weighted by molar-refractivity contribution is -0.00874. The van der Waals surface area contributed by atoms with Gasteiger partial charge in [-0.25, -0.2) is 25.4 Å². The van der Waals surface area contributed by atoms with Crippen LogP contribution in [0.15, 0.2) is 200 Å². The van der Waals surface area contributed by atoms with Crippen molar-refractivity contribution >= 4 is 62.9 Å². The fourth-order valence-electron chi connectivity index (χ4n) is 7.54. The van der Waals surface area contributed by atoms with Crippen LogP contribution < -0.4 is 36.4 Å². The Morgan fingerprint density at radius 3 is 1.89 bits per heavy atom. The smallest absolute Gasteiger partial charge is 0.428 e. The first-order valence-corrected chi connectivity index (χ1v) is 20.5. The van der Waals surface area contributed by atoms with E-state index in [1.165, 1.54) is 12.2 Å². The van der Waals surface area contributed by atoms with Gasteiger partial charge in [0.2, 0.25) is 0 Å². The number of nitrogens with zero attached hydrogens (tertiary/aromatic N) is 3. The highest BCUT2D eigenvalue weighted by atomic mass is 16.6. The molecule has 0 saturated heterocycles. The van der Waals surface area contributed by atoms with Crippen molar-refractivity contribution < 1.29 is 19.1 Å². The highest BCUT2D eigenvalue weighted by Gasteiger charge is 2.47. The number of carbonyl (C=O) groups is 2. The SMILES string of the molecule is CCNN(NC(=O)Oc1ccccc1)C(NC(=O)OC)(c1ccccc1)c1ccc(N(c2ccccc2)c2ccccc2)c(Nc2cccc3ccccc23)c1Nc1ccccn1. The summed E-state index contributed by atoms with van der Waals surface area (Å²) in [5, 5.41) is 14.2. The van der Waals surface area contributed by atoms with Crippen LogP contribution in [-0.4, -0.2) is 35.9 Å². The second-order valence-corrected chi connectivity index (χ2v) is 14.2. The number of carbonyl (C=O) groups excluding carboxylic acids is 2.